The normalized spacial score (nSPS) is 15.0. The minimum absolute atomic E-state index is 0. The van der Waals surface area contributed by atoms with Gasteiger partial charge >= 0.3 is 0 Å². The van der Waals surface area contributed by atoms with E-state index in [0.717, 1.165) is 48.0 Å². The van der Waals surface area contributed by atoms with Crippen LogP contribution in [-0.4, -0.2) is 41.3 Å². The van der Waals surface area contributed by atoms with Crippen molar-refractivity contribution in [2.24, 2.45) is 0 Å². The molecule has 1 aliphatic rings. The van der Waals surface area contributed by atoms with Gasteiger partial charge in [0.2, 0.25) is 11.8 Å². The molecule has 1 atom stereocenters. The second-order valence-corrected chi connectivity index (χ2v) is 9.18. The fraction of sp³-hybridized carbons (Fsp3) is 0.231. The fourth-order valence-electron chi connectivity index (χ4n) is 4.40. The van der Waals surface area contributed by atoms with Crippen molar-refractivity contribution in [3.63, 3.8) is 0 Å². The van der Waals surface area contributed by atoms with Gasteiger partial charge in [-0.15, -0.1) is 22.6 Å². The van der Waals surface area contributed by atoms with Crippen molar-refractivity contribution in [3.05, 3.63) is 99.6 Å². The van der Waals surface area contributed by atoms with Gasteiger partial charge in [0, 0.05) is 47.5 Å². The molecule has 0 saturated carbocycles. The maximum atomic E-state index is 13.8. The van der Waals surface area contributed by atoms with Gasteiger partial charge in [-0.1, -0.05) is 53.5 Å². The molecule has 0 bridgehead atoms. The standard InChI is InChI=1S/C26H23Cl2FN4O.ClH/c1-17-7-8-19(27)15-23(17)32-11-13-33(14-12-32)24(21-10-9-20(29)16-22(21)28)26-31-30-25(34-26)18-5-3-2-4-6-18;/h2-10,15-16,24H,11-14H2,1H3;1H. The number of rotatable bonds is 5. The summed E-state index contributed by atoms with van der Waals surface area (Å²) in [4.78, 5) is 4.57. The smallest absolute Gasteiger partial charge is 0.247 e. The number of piperazine rings is 1. The Balaban J connectivity index is 0.00000289. The monoisotopic (exact) mass is 532 g/mol. The number of anilines is 1. The summed E-state index contributed by atoms with van der Waals surface area (Å²) in [6.07, 6.45) is 0. The largest absolute Gasteiger partial charge is 0.419 e. The van der Waals surface area contributed by atoms with Crippen LogP contribution in [0.3, 0.4) is 0 Å². The van der Waals surface area contributed by atoms with Crippen LogP contribution in [0.1, 0.15) is 23.1 Å². The molecule has 9 heteroatoms. The lowest BCUT2D eigenvalue weighted by molar-refractivity contribution is 0.188. The van der Waals surface area contributed by atoms with Crippen LogP contribution in [0, 0.1) is 12.7 Å². The van der Waals surface area contributed by atoms with Gasteiger partial charge < -0.3 is 9.32 Å². The third-order valence-corrected chi connectivity index (χ3v) is 6.71. The molecule has 35 heavy (non-hydrogen) atoms. The molecule has 0 radical (unpaired) electrons. The minimum Gasteiger partial charge on any atom is -0.419 e. The van der Waals surface area contributed by atoms with Gasteiger partial charge in [-0.05, 0) is 54.4 Å². The lowest BCUT2D eigenvalue weighted by Crippen LogP contribution is -2.48. The average molecular weight is 534 g/mol. The highest BCUT2D eigenvalue weighted by Crippen LogP contribution is 2.36. The number of aromatic nitrogens is 2. The minimum atomic E-state index is -0.388. The van der Waals surface area contributed by atoms with E-state index >= 15 is 0 Å². The lowest BCUT2D eigenvalue weighted by atomic mass is 10.0. The summed E-state index contributed by atoms with van der Waals surface area (Å²) in [7, 11) is 0. The maximum absolute atomic E-state index is 13.8. The number of aryl methyl sites for hydroxylation is 1. The Bertz CT molecular complexity index is 1290. The summed E-state index contributed by atoms with van der Waals surface area (Å²) in [6.45, 7) is 5.12. The van der Waals surface area contributed by atoms with Crippen molar-refractivity contribution in [2.75, 3.05) is 31.1 Å². The number of benzene rings is 3. The van der Waals surface area contributed by atoms with Crippen LogP contribution in [0.25, 0.3) is 11.5 Å². The molecule has 0 N–H and O–H groups in total. The van der Waals surface area contributed by atoms with Crippen LogP contribution in [0.5, 0.6) is 0 Å². The van der Waals surface area contributed by atoms with E-state index in [1.165, 1.54) is 17.7 Å². The first kappa shape index (κ1) is 25.5. The lowest BCUT2D eigenvalue weighted by Gasteiger charge is -2.40. The average Bonchev–Trinajstić information content (AvgIpc) is 3.33. The van der Waals surface area contributed by atoms with Crippen molar-refractivity contribution in [3.8, 4) is 11.5 Å². The van der Waals surface area contributed by atoms with Crippen molar-refractivity contribution in [2.45, 2.75) is 13.0 Å². The molecule has 5 nitrogen and oxygen atoms in total. The highest BCUT2D eigenvalue weighted by Gasteiger charge is 2.32. The highest BCUT2D eigenvalue weighted by molar-refractivity contribution is 6.31. The number of halogens is 4. The summed E-state index contributed by atoms with van der Waals surface area (Å²) >= 11 is 12.7. The van der Waals surface area contributed by atoms with Crippen LogP contribution in [0.4, 0.5) is 10.1 Å². The summed E-state index contributed by atoms with van der Waals surface area (Å²) in [5, 5.41) is 9.69. The zero-order valence-corrected chi connectivity index (χ0v) is 21.3. The molecular weight excluding hydrogens is 510 g/mol. The van der Waals surface area contributed by atoms with E-state index in [2.05, 4.69) is 26.9 Å². The summed E-state index contributed by atoms with van der Waals surface area (Å²) in [5.74, 6) is 0.482. The molecule has 5 rings (SSSR count). The quantitative estimate of drug-likeness (QED) is 0.281. The second kappa shape index (κ2) is 11.0. The van der Waals surface area contributed by atoms with Gasteiger partial charge in [0.25, 0.3) is 0 Å². The molecule has 3 aromatic carbocycles. The third kappa shape index (κ3) is 5.46. The summed E-state index contributed by atoms with van der Waals surface area (Å²) in [5.41, 5.74) is 3.89. The van der Waals surface area contributed by atoms with Crippen molar-refractivity contribution < 1.29 is 8.81 Å². The van der Waals surface area contributed by atoms with Crippen LogP contribution >= 0.6 is 35.6 Å². The SMILES string of the molecule is Cc1ccc(Cl)cc1N1CCN(C(c2nnc(-c3ccccc3)o2)c2ccc(F)cc2Cl)CC1.Cl. The molecule has 0 spiro atoms. The Morgan fingerprint density at radius 2 is 1.66 bits per heavy atom. The van der Waals surface area contributed by atoms with Gasteiger partial charge in [-0.3, -0.25) is 4.90 Å². The topological polar surface area (TPSA) is 45.4 Å². The first-order valence-corrected chi connectivity index (χ1v) is 11.8. The first-order chi connectivity index (χ1) is 16.5. The molecule has 182 valence electrons. The van der Waals surface area contributed by atoms with Gasteiger partial charge in [-0.25, -0.2) is 4.39 Å². The molecule has 0 amide bonds. The predicted molar refractivity (Wildman–Crippen MR) is 140 cm³/mol. The highest BCUT2D eigenvalue weighted by atomic mass is 35.5. The fourth-order valence-corrected chi connectivity index (χ4v) is 4.83. The maximum Gasteiger partial charge on any atom is 0.247 e. The van der Waals surface area contributed by atoms with E-state index in [9.17, 15) is 4.39 Å². The van der Waals surface area contributed by atoms with E-state index in [1.54, 1.807) is 6.07 Å². The molecule has 2 heterocycles. The predicted octanol–water partition coefficient (Wildman–Crippen LogP) is 6.82. The van der Waals surface area contributed by atoms with E-state index in [4.69, 9.17) is 27.6 Å². The van der Waals surface area contributed by atoms with Gasteiger partial charge in [-0.2, -0.15) is 0 Å². The zero-order chi connectivity index (χ0) is 23.7. The molecule has 1 aliphatic heterocycles. The molecule has 1 unspecified atom stereocenters. The second-order valence-electron chi connectivity index (χ2n) is 8.33. The molecule has 1 saturated heterocycles. The Morgan fingerprint density at radius 1 is 0.914 bits per heavy atom. The first-order valence-electron chi connectivity index (χ1n) is 11.1. The molecular formula is C26H24Cl3FN4O. The number of hydrogen-bond donors (Lipinski definition) is 0. The van der Waals surface area contributed by atoms with Crippen LogP contribution in [0.15, 0.2) is 71.1 Å². The van der Waals surface area contributed by atoms with Gasteiger partial charge in [0.05, 0.1) is 0 Å². The third-order valence-electron chi connectivity index (χ3n) is 6.14. The Morgan fingerprint density at radius 3 is 2.37 bits per heavy atom. The zero-order valence-electron chi connectivity index (χ0n) is 19.0. The molecule has 4 aromatic rings. The summed E-state index contributed by atoms with van der Waals surface area (Å²) < 4.78 is 19.9. The van der Waals surface area contributed by atoms with Crippen molar-refractivity contribution in [1.29, 1.82) is 0 Å². The van der Waals surface area contributed by atoms with E-state index in [-0.39, 0.29) is 24.3 Å². The van der Waals surface area contributed by atoms with Gasteiger partial charge in [0.15, 0.2) is 0 Å². The van der Waals surface area contributed by atoms with Crippen LogP contribution < -0.4 is 4.90 Å². The van der Waals surface area contributed by atoms with Crippen LogP contribution in [-0.2, 0) is 0 Å². The Kier molecular flexibility index (Phi) is 7.97. The number of nitrogens with zero attached hydrogens (tertiary/aromatic N) is 4. The number of hydrogen-bond acceptors (Lipinski definition) is 5. The Hall–Kier alpha value is -2.64. The molecule has 1 aromatic heterocycles. The van der Waals surface area contributed by atoms with Crippen molar-refractivity contribution >= 4 is 41.3 Å². The molecule has 0 aliphatic carbocycles. The van der Waals surface area contributed by atoms with E-state index < -0.39 is 0 Å². The van der Waals surface area contributed by atoms with Crippen molar-refractivity contribution in [1.82, 2.24) is 15.1 Å². The molecule has 1 fully saturated rings. The van der Waals surface area contributed by atoms with Crippen LogP contribution in [0.2, 0.25) is 10.0 Å². The van der Waals surface area contributed by atoms with E-state index in [1.807, 2.05) is 48.5 Å². The van der Waals surface area contributed by atoms with Gasteiger partial charge in [0.1, 0.15) is 11.9 Å². The van der Waals surface area contributed by atoms with E-state index in [0.29, 0.717) is 16.8 Å². The summed E-state index contributed by atoms with van der Waals surface area (Å²) in [6, 6.07) is 19.6. The Labute approximate surface area is 219 Å².